The number of alkyl halides is 3. The van der Waals surface area contributed by atoms with Crippen LogP contribution in [0.2, 0.25) is 5.02 Å². The molecule has 0 aliphatic heterocycles. The number of carbonyl (C=O) groups is 1. The van der Waals surface area contributed by atoms with Crippen molar-refractivity contribution in [1.82, 2.24) is 20.1 Å². The number of aromatic nitrogens is 3. The van der Waals surface area contributed by atoms with Gasteiger partial charge in [-0.15, -0.1) is 0 Å². The second-order valence-corrected chi connectivity index (χ2v) is 9.67. The molecular weight excluding hydrogens is 467 g/mol. The lowest BCUT2D eigenvalue weighted by molar-refractivity contribution is -0.140. The molecule has 0 spiro atoms. The SMILES string of the molecule is CC(C)Cn1cc(C(=O)N[C@@H]2CCC[C@H](Nc3cc(C(F)(F)F)nc4ccc(Cl)cc34)C2)cn1. The average Bonchev–Trinajstić information content (AvgIpc) is 3.21. The van der Waals surface area contributed by atoms with Gasteiger partial charge < -0.3 is 10.6 Å². The molecule has 2 atom stereocenters. The Bertz CT molecular complexity index is 1180. The Balaban J connectivity index is 1.48. The molecule has 34 heavy (non-hydrogen) atoms. The van der Waals surface area contributed by atoms with Crippen LogP contribution in [0.1, 0.15) is 55.6 Å². The molecule has 182 valence electrons. The molecule has 1 fully saturated rings. The minimum atomic E-state index is -4.56. The Morgan fingerprint density at radius 1 is 1.24 bits per heavy atom. The maximum Gasteiger partial charge on any atom is 0.433 e. The predicted molar refractivity (Wildman–Crippen MR) is 126 cm³/mol. The third-order valence-corrected chi connectivity index (χ3v) is 6.11. The lowest BCUT2D eigenvalue weighted by atomic mass is 9.90. The molecule has 2 N–H and O–H groups in total. The van der Waals surface area contributed by atoms with Gasteiger partial charge in [-0.05, 0) is 55.9 Å². The summed E-state index contributed by atoms with van der Waals surface area (Å²) in [6.07, 6.45) is 1.75. The minimum Gasteiger partial charge on any atom is -0.382 e. The van der Waals surface area contributed by atoms with E-state index in [1.807, 2.05) is 0 Å². The van der Waals surface area contributed by atoms with Crippen molar-refractivity contribution in [3.63, 3.8) is 0 Å². The number of pyridine rings is 1. The number of hydrogen-bond acceptors (Lipinski definition) is 4. The molecule has 0 unspecified atom stereocenters. The first-order valence-electron chi connectivity index (χ1n) is 11.4. The van der Waals surface area contributed by atoms with Crippen LogP contribution in [0.5, 0.6) is 0 Å². The van der Waals surface area contributed by atoms with E-state index in [2.05, 4.69) is 34.6 Å². The van der Waals surface area contributed by atoms with E-state index >= 15 is 0 Å². The molecule has 1 aliphatic carbocycles. The molecular formula is C24H27ClF3N5O. The lowest BCUT2D eigenvalue weighted by Gasteiger charge is -2.31. The number of hydrogen-bond donors (Lipinski definition) is 2. The van der Waals surface area contributed by atoms with Crippen LogP contribution in [0.15, 0.2) is 36.7 Å². The standard InChI is InChI=1S/C24H27ClF3N5O/c1-14(2)12-33-13-15(11-29-33)23(34)31-18-5-3-4-17(9-18)30-21-10-22(24(26,27)28)32-20-7-6-16(25)8-19(20)21/h6-8,10-11,13-14,17-18H,3-5,9,12H2,1-2H3,(H,30,32)(H,31,34)/t17-,18+/m0/s1. The second kappa shape index (κ2) is 9.82. The molecule has 2 aromatic heterocycles. The molecule has 4 rings (SSSR count). The summed E-state index contributed by atoms with van der Waals surface area (Å²) in [5, 5.41) is 11.5. The molecule has 0 bridgehead atoms. The summed E-state index contributed by atoms with van der Waals surface area (Å²) in [6, 6.07) is 5.46. The van der Waals surface area contributed by atoms with E-state index in [4.69, 9.17) is 11.6 Å². The highest BCUT2D eigenvalue weighted by atomic mass is 35.5. The van der Waals surface area contributed by atoms with Crippen molar-refractivity contribution in [2.75, 3.05) is 5.32 Å². The zero-order valence-corrected chi connectivity index (χ0v) is 19.7. The monoisotopic (exact) mass is 493 g/mol. The van der Waals surface area contributed by atoms with Crippen LogP contribution in [0, 0.1) is 5.92 Å². The third-order valence-electron chi connectivity index (χ3n) is 5.88. The fourth-order valence-electron chi connectivity index (χ4n) is 4.36. The summed E-state index contributed by atoms with van der Waals surface area (Å²) in [5.74, 6) is 0.221. The van der Waals surface area contributed by atoms with Crippen molar-refractivity contribution >= 4 is 34.1 Å². The Kier molecular flexibility index (Phi) is 7.02. The number of nitrogens with one attached hydrogen (secondary N) is 2. The predicted octanol–water partition coefficient (Wildman–Crippen LogP) is 5.91. The van der Waals surface area contributed by atoms with Crippen molar-refractivity contribution in [1.29, 1.82) is 0 Å². The van der Waals surface area contributed by atoms with Crippen LogP contribution in [-0.2, 0) is 12.7 Å². The van der Waals surface area contributed by atoms with E-state index in [0.717, 1.165) is 31.9 Å². The molecule has 0 radical (unpaired) electrons. The van der Waals surface area contributed by atoms with E-state index in [0.29, 0.717) is 34.0 Å². The largest absolute Gasteiger partial charge is 0.433 e. The molecule has 1 saturated carbocycles. The smallest absolute Gasteiger partial charge is 0.382 e. The number of anilines is 1. The molecule has 6 nitrogen and oxygen atoms in total. The fourth-order valence-corrected chi connectivity index (χ4v) is 4.53. The average molecular weight is 494 g/mol. The maximum absolute atomic E-state index is 13.4. The number of amides is 1. The molecule has 3 aromatic rings. The van der Waals surface area contributed by atoms with Crippen LogP contribution < -0.4 is 10.6 Å². The van der Waals surface area contributed by atoms with Gasteiger partial charge >= 0.3 is 6.18 Å². The molecule has 2 heterocycles. The quantitative estimate of drug-likeness (QED) is 0.447. The van der Waals surface area contributed by atoms with Crippen LogP contribution in [-0.4, -0.2) is 32.8 Å². The third kappa shape index (κ3) is 5.81. The van der Waals surface area contributed by atoms with E-state index in [1.54, 1.807) is 23.1 Å². The zero-order valence-electron chi connectivity index (χ0n) is 19.0. The molecule has 10 heteroatoms. The number of fused-ring (bicyclic) bond motifs is 1. The van der Waals surface area contributed by atoms with Gasteiger partial charge in [-0.25, -0.2) is 4.98 Å². The molecule has 1 aliphatic rings. The Hall–Kier alpha value is -2.81. The van der Waals surface area contributed by atoms with Crippen molar-refractivity contribution in [3.8, 4) is 0 Å². The molecule has 1 aromatic carbocycles. The van der Waals surface area contributed by atoms with Gasteiger partial charge in [-0.2, -0.15) is 18.3 Å². The first kappa shape index (κ1) is 24.3. The van der Waals surface area contributed by atoms with Gasteiger partial charge in [0.05, 0.1) is 17.3 Å². The van der Waals surface area contributed by atoms with Crippen molar-refractivity contribution in [3.05, 3.63) is 52.9 Å². The number of nitrogens with zero attached hydrogens (tertiary/aromatic N) is 3. The van der Waals surface area contributed by atoms with Crippen molar-refractivity contribution < 1.29 is 18.0 Å². The summed E-state index contributed by atoms with van der Waals surface area (Å²) >= 11 is 6.10. The fraction of sp³-hybridized carbons (Fsp3) is 0.458. The Morgan fingerprint density at radius 2 is 2.00 bits per heavy atom. The van der Waals surface area contributed by atoms with Crippen molar-refractivity contribution in [2.24, 2.45) is 5.92 Å². The van der Waals surface area contributed by atoms with Gasteiger partial charge in [0.1, 0.15) is 5.69 Å². The number of carbonyl (C=O) groups excluding carboxylic acids is 1. The van der Waals surface area contributed by atoms with Gasteiger partial charge in [-0.3, -0.25) is 9.48 Å². The van der Waals surface area contributed by atoms with E-state index in [9.17, 15) is 18.0 Å². The van der Waals surface area contributed by atoms with E-state index < -0.39 is 11.9 Å². The first-order valence-corrected chi connectivity index (χ1v) is 11.7. The minimum absolute atomic E-state index is 0.0917. The number of benzene rings is 1. The van der Waals surface area contributed by atoms with Gasteiger partial charge in [-0.1, -0.05) is 25.4 Å². The van der Waals surface area contributed by atoms with Crippen LogP contribution in [0.25, 0.3) is 10.9 Å². The highest BCUT2D eigenvalue weighted by Gasteiger charge is 2.34. The van der Waals surface area contributed by atoms with Gasteiger partial charge in [0.2, 0.25) is 0 Å². The second-order valence-electron chi connectivity index (χ2n) is 9.24. The number of halogens is 4. The summed E-state index contributed by atoms with van der Waals surface area (Å²) < 4.78 is 42.0. The summed E-state index contributed by atoms with van der Waals surface area (Å²) in [7, 11) is 0. The Morgan fingerprint density at radius 3 is 2.74 bits per heavy atom. The topological polar surface area (TPSA) is 71.8 Å². The van der Waals surface area contributed by atoms with E-state index in [-0.39, 0.29) is 23.5 Å². The first-order chi connectivity index (χ1) is 16.1. The van der Waals surface area contributed by atoms with Gasteiger partial charge in [0.25, 0.3) is 5.91 Å². The Labute approximate surface area is 200 Å². The van der Waals surface area contributed by atoms with Gasteiger partial charge in [0.15, 0.2) is 0 Å². The summed E-state index contributed by atoms with van der Waals surface area (Å²) in [6.45, 7) is 4.88. The van der Waals surface area contributed by atoms with Crippen LogP contribution >= 0.6 is 11.6 Å². The zero-order chi connectivity index (χ0) is 24.5. The van der Waals surface area contributed by atoms with Crippen LogP contribution in [0.3, 0.4) is 0 Å². The van der Waals surface area contributed by atoms with Gasteiger partial charge in [0, 0.05) is 40.9 Å². The van der Waals surface area contributed by atoms with E-state index in [1.165, 1.54) is 12.1 Å². The maximum atomic E-state index is 13.4. The molecule has 0 saturated heterocycles. The normalized spacial score (nSPS) is 18.9. The van der Waals surface area contributed by atoms with Crippen LogP contribution in [0.4, 0.5) is 18.9 Å². The number of rotatable bonds is 6. The van der Waals surface area contributed by atoms with Crippen molar-refractivity contribution in [2.45, 2.75) is 64.3 Å². The summed E-state index contributed by atoms with van der Waals surface area (Å²) in [4.78, 5) is 16.5. The highest BCUT2D eigenvalue weighted by Crippen LogP contribution is 2.35. The lowest BCUT2D eigenvalue weighted by Crippen LogP contribution is -2.41. The highest BCUT2D eigenvalue weighted by molar-refractivity contribution is 6.31. The molecule has 1 amide bonds. The summed E-state index contributed by atoms with van der Waals surface area (Å²) in [5.41, 5.74) is 0.108.